The van der Waals surface area contributed by atoms with Crippen molar-refractivity contribution < 1.29 is 9.47 Å². The van der Waals surface area contributed by atoms with E-state index >= 15 is 0 Å². The van der Waals surface area contributed by atoms with Crippen LogP contribution < -0.4 is 10.1 Å². The first-order valence-corrected chi connectivity index (χ1v) is 9.64. The van der Waals surface area contributed by atoms with Gasteiger partial charge < -0.3 is 14.8 Å². The van der Waals surface area contributed by atoms with Crippen LogP contribution in [0.2, 0.25) is 5.02 Å². The van der Waals surface area contributed by atoms with E-state index in [9.17, 15) is 0 Å². The van der Waals surface area contributed by atoms with Crippen molar-refractivity contribution in [3.8, 4) is 5.75 Å². The summed E-state index contributed by atoms with van der Waals surface area (Å²) in [6.07, 6.45) is 1.17. The second kappa shape index (κ2) is 10.5. The topological polar surface area (TPSA) is 33.7 Å². The highest BCUT2D eigenvalue weighted by Crippen LogP contribution is 2.16. The predicted molar refractivity (Wildman–Crippen MR) is 106 cm³/mol. The quantitative estimate of drug-likeness (QED) is 0.678. The van der Waals surface area contributed by atoms with E-state index in [-0.39, 0.29) is 0 Å². The Kier molecular flexibility index (Phi) is 7.77. The van der Waals surface area contributed by atoms with E-state index in [1.165, 1.54) is 12.0 Å². The molecule has 0 amide bonds. The standard InChI is InChI=1S/C21H27ClN2O2/c22-20-4-1-3-19(15-20)17-26-21-7-5-18(6-8-21)16-23-9-2-10-24-11-13-25-14-12-24/h1,3-8,15,23H,2,9-14,16-17H2. The highest BCUT2D eigenvalue weighted by molar-refractivity contribution is 6.30. The number of halogens is 1. The molecule has 1 saturated heterocycles. The molecule has 1 aliphatic rings. The van der Waals surface area contributed by atoms with E-state index in [4.69, 9.17) is 21.1 Å². The largest absolute Gasteiger partial charge is 0.489 e. The number of benzene rings is 2. The fraction of sp³-hybridized carbons (Fsp3) is 0.429. The molecule has 1 aliphatic heterocycles. The highest BCUT2D eigenvalue weighted by atomic mass is 35.5. The fourth-order valence-corrected chi connectivity index (χ4v) is 3.19. The predicted octanol–water partition coefficient (Wildman–Crippen LogP) is 3.73. The van der Waals surface area contributed by atoms with E-state index in [0.29, 0.717) is 6.61 Å². The molecular weight excluding hydrogens is 348 g/mol. The first-order valence-electron chi connectivity index (χ1n) is 9.26. The summed E-state index contributed by atoms with van der Waals surface area (Å²) in [5.74, 6) is 0.876. The van der Waals surface area contributed by atoms with Crippen molar-refractivity contribution in [2.24, 2.45) is 0 Å². The number of nitrogens with zero attached hydrogens (tertiary/aromatic N) is 1. The molecule has 1 fully saturated rings. The van der Waals surface area contributed by atoms with E-state index in [2.05, 4.69) is 22.3 Å². The minimum absolute atomic E-state index is 0.527. The molecule has 0 saturated carbocycles. The van der Waals surface area contributed by atoms with Crippen molar-refractivity contribution >= 4 is 11.6 Å². The van der Waals surface area contributed by atoms with Gasteiger partial charge in [-0.1, -0.05) is 35.9 Å². The summed E-state index contributed by atoms with van der Waals surface area (Å²) in [5, 5.41) is 4.25. The van der Waals surface area contributed by atoms with Crippen LogP contribution in [-0.4, -0.2) is 44.3 Å². The average Bonchev–Trinajstić information content (AvgIpc) is 2.68. The second-order valence-electron chi connectivity index (χ2n) is 6.55. The van der Waals surface area contributed by atoms with E-state index in [0.717, 1.165) is 62.3 Å². The molecule has 4 nitrogen and oxygen atoms in total. The third-order valence-corrected chi connectivity index (χ3v) is 4.71. The zero-order chi connectivity index (χ0) is 18.0. The fourth-order valence-electron chi connectivity index (χ4n) is 2.98. The molecular formula is C21H27ClN2O2. The lowest BCUT2D eigenvalue weighted by atomic mass is 10.2. The minimum atomic E-state index is 0.527. The molecule has 0 spiro atoms. The summed E-state index contributed by atoms with van der Waals surface area (Å²) in [5.41, 5.74) is 2.34. The molecule has 2 aromatic rings. The summed E-state index contributed by atoms with van der Waals surface area (Å²) < 4.78 is 11.2. The third kappa shape index (κ3) is 6.61. The maximum atomic E-state index is 5.99. The van der Waals surface area contributed by atoms with Gasteiger partial charge in [0.1, 0.15) is 12.4 Å². The summed E-state index contributed by atoms with van der Waals surface area (Å²) in [6, 6.07) is 16.0. The van der Waals surface area contributed by atoms with Gasteiger partial charge in [-0.05, 0) is 54.9 Å². The number of ether oxygens (including phenoxy) is 2. The molecule has 140 valence electrons. The Labute approximate surface area is 161 Å². The van der Waals surface area contributed by atoms with Gasteiger partial charge in [0, 0.05) is 24.7 Å². The molecule has 1 heterocycles. The highest BCUT2D eigenvalue weighted by Gasteiger charge is 2.08. The maximum Gasteiger partial charge on any atom is 0.119 e. The van der Waals surface area contributed by atoms with Gasteiger partial charge in [-0.25, -0.2) is 0 Å². The Hall–Kier alpha value is -1.59. The molecule has 0 radical (unpaired) electrons. The Bertz CT molecular complexity index is 657. The monoisotopic (exact) mass is 374 g/mol. The van der Waals surface area contributed by atoms with Crippen LogP contribution in [0.25, 0.3) is 0 Å². The molecule has 2 aromatic carbocycles. The van der Waals surface area contributed by atoms with Crippen LogP contribution >= 0.6 is 11.6 Å². The van der Waals surface area contributed by atoms with Gasteiger partial charge in [0.15, 0.2) is 0 Å². The third-order valence-electron chi connectivity index (χ3n) is 4.48. The van der Waals surface area contributed by atoms with Gasteiger partial charge >= 0.3 is 0 Å². The van der Waals surface area contributed by atoms with Gasteiger partial charge in [-0.2, -0.15) is 0 Å². The average molecular weight is 375 g/mol. The SMILES string of the molecule is Clc1cccc(COc2ccc(CNCCCN3CCOCC3)cc2)c1. The number of morpholine rings is 1. The van der Waals surface area contributed by atoms with Gasteiger partial charge in [0.2, 0.25) is 0 Å². The Morgan fingerprint density at radius 2 is 1.85 bits per heavy atom. The van der Waals surface area contributed by atoms with E-state index in [1.54, 1.807) is 0 Å². The van der Waals surface area contributed by atoms with Crippen molar-refractivity contribution in [1.82, 2.24) is 10.2 Å². The summed E-state index contributed by atoms with van der Waals surface area (Å²) in [7, 11) is 0. The summed E-state index contributed by atoms with van der Waals surface area (Å²) >= 11 is 5.99. The maximum absolute atomic E-state index is 5.99. The molecule has 26 heavy (non-hydrogen) atoms. The van der Waals surface area contributed by atoms with Gasteiger partial charge in [0.05, 0.1) is 13.2 Å². The normalized spacial score (nSPS) is 15.1. The number of hydrogen-bond acceptors (Lipinski definition) is 4. The number of rotatable bonds is 9. The van der Waals surface area contributed by atoms with Crippen LogP contribution in [-0.2, 0) is 17.9 Å². The lowest BCUT2D eigenvalue weighted by Gasteiger charge is -2.26. The Morgan fingerprint density at radius 3 is 2.62 bits per heavy atom. The molecule has 0 bridgehead atoms. The van der Waals surface area contributed by atoms with Crippen LogP contribution in [0.1, 0.15) is 17.5 Å². The first-order chi connectivity index (χ1) is 12.8. The number of hydrogen-bond donors (Lipinski definition) is 1. The van der Waals surface area contributed by atoms with E-state index in [1.807, 2.05) is 36.4 Å². The van der Waals surface area contributed by atoms with Crippen LogP contribution in [0.3, 0.4) is 0 Å². The van der Waals surface area contributed by atoms with Gasteiger partial charge in [0.25, 0.3) is 0 Å². The van der Waals surface area contributed by atoms with Gasteiger partial charge in [-0.15, -0.1) is 0 Å². The van der Waals surface area contributed by atoms with Crippen molar-refractivity contribution in [3.63, 3.8) is 0 Å². The second-order valence-corrected chi connectivity index (χ2v) is 6.98. The molecule has 0 aromatic heterocycles. The lowest BCUT2D eigenvalue weighted by Crippen LogP contribution is -2.37. The zero-order valence-electron chi connectivity index (χ0n) is 15.1. The van der Waals surface area contributed by atoms with Crippen molar-refractivity contribution in [2.75, 3.05) is 39.4 Å². The molecule has 3 rings (SSSR count). The van der Waals surface area contributed by atoms with Crippen LogP contribution in [0.5, 0.6) is 5.75 Å². The van der Waals surface area contributed by atoms with Crippen molar-refractivity contribution in [3.05, 3.63) is 64.7 Å². The van der Waals surface area contributed by atoms with Gasteiger partial charge in [-0.3, -0.25) is 4.90 Å². The van der Waals surface area contributed by atoms with Crippen LogP contribution in [0, 0.1) is 0 Å². The van der Waals surface area contributed by atoms with Crippen LogP contribution in [0.4, 0.5) is 0 Å². The summed E-state index contributed by atoms with van der Waals surface area (Å²) in [6.45, 7) is 7.47. The molecule has 0 unspecified atom stereocenters. The molecule has 0 aliphatic carbocycles. The first kappa shape index (κ1) is 19.2. The smallest absolute Gasteiger partial charge is 0.119 e. The van der Waals surface area contributed by atoms with Crippen molar-refractivity contribution in [1.29, 1.82) is 0 Å². The molecule has 0 atom stereocenters. The summed E-state index contributed by atoms with van der Waals surface area (Å²) in [4.78, 5) is 2.47. The Morgan fingerprint density at radius 1 is 1.04 bits per heavy atom. The van der Waals surface area contributed by atoms with Crippen LogP contribution in [0.15, 0.2) is 48.5 Å². The van der Waals surface area contributed by atoms with E-state index < -0.39 is 0 Å². The molecule has 1 N–H and O–H groups in total. The number of nitrogens with one attached hydrogen (secondary N) is 1. The minimum Gasteiger partial charge on any atom is -0.489 e. The lowest BCUT2D eigenvalue weighted by molar-refractivity contribution is 0.0374. The van der Waals surface area contributed by atoms with Crippen molar-refractivity contribution in [2.45, 2.75) is 19.6 Å². The molecule has 5 heteroatoms. The zero-order valence-corrected chi connectivity index (χ0v) is 15.9. The Balaban J connectivity index is 1.32.